The van der Waals surface area contributed by atoms with Gasteiger partial charge >= 0.3 is 0 Å². The van der Waals surface area contributed by atoms with E-state index in [1.165, 1.54) is 0 Å². The van der Waals surface area contributed by atoms with Crippen molar-refractivity contribution in [2.45, 2.75) is 18.9 Å². The first-order chi connectivity index (χ1) is 9.10. The van der Waals surface area contributed by atoms with E-state index in [0.717, 1.165) is 5.56 Å². The van der Waals surface area contributed by atoms with Gasteiger partial charge < -0.3 is 16.4 Å². The van der Waals surface area contributed by atoms with Gasteiger partial charge in [-0.1, -0.05) is 30.3 Å². The maximum absolute atomic E-state index is 12.0. The highest BCUT2D eigenvalue weighted by atomic mass is 35.5. The summed E-state index contributed by atoms with van der Waals surface area (Å²) < 4.78 is 0. The van der Waals surface area contributed by atoms with Crippen LogP contribution in [0, 0.1) is 5.41 Å². The minimum atomic E-state index is -0.856. The number of nitrogens with one attached hydrogen (secondary N) is 2. The summed E-state index contributed by atoms with van der Waals surface area (Å²) in [6.07, 6.45) is 1.22. The van der Waals surface area contributed by atoms with Gasteiger partial charge in [0, 0.05) is 19.6 Å². The Balaban J connectivity index is 0.00000200. The van der Waals surface area contributed by atoms with Crippen LogP contribution in [0.3, 0.4) is 0 Å². The molecular formula is C14H20ClN3O2. The maximum atomic E-state index is 12.0. The van der Waals surface area contributed by atoms with Crippen molar-refractivity contribution in [1.82, 2.24) is 10.6 Å². The molecule has 0 heterocycles. The zero-order valence-electron chi connectivity index (χ0n) is 11.4. The highest BCUT2D eigenvalue weighted by Crippen LogP contribution is 2.46. The van der Waals surface area contributed by atoms with Crippen molar-refractivity contribution in [2.24, 2.45) is 11.1 Å². The van der Waals surface area contributed by atoms with Gasteiger partial charge in [0.1, 0.15) is 5.41 Å². The lowest BCUT2D eigenvalue weighted by Crippen LogP contribution is -2.43. The number of carbonyl (C=O) groups is 2. The van der Waals surface area contributed by atoms with Gasteiger partial charge in [0.15, 0.2) is 0 Å². The second-order valence-corrected chi connectivity index (χ2v) is 4.89. The molecule has 1 aromatic carbocycles. The average molecular weight is 298 g/mol. The summed E-state index contributed by atoms with van der Waals surface area (Å²) in [6.45, 7) is 0.335. The summed E-state index contributed by atoms with van der Waals surface area (Å²) in [4.78, 5) is 23.7. The van der Waals surface area contributed by atoms with Crippen LogP contribution in [0.15, 0.2) is 30.3 Å². The minimum Gasteiger partial charge on any atom is -0.358 e. The van der Waals surface area contributed by atoms with Gasteiger partial charge in [0.25, 0.3) is 0 Å². The fourth-order valence-electron chi connectivity index (χ4n) is 2.11. The predicted octanol–water partition coefficient (Wildman–Crippen LogP) is 0.751. The van der Waals surface area contributed by atoms with Gasteiger partial charge in [0.05, 0.1) is 0 Å². The molecule has 5 nitrogen and oxygen atoms in total. The molecule has 4 N–H and O–H groups in total. The minimum absolute atomic E-state index is 0. The van der Waals surface area contributed by atoms with Crippen molar-refractivity contribution in [2.75, 3.05) is 13.6 Å². The molecule has 2 amide bonds. The van der Waals surface area contributed by atoms with E-state index >= 15 is 0 Å². The van der Waals surface area contributed by atoms with E-state index in [0.29, 0.717) is 19.4 Å². The van der Waals surface area contributed by atoms with Crippen molar-refractivity contribution < 1.29 is 9.59 Å². The molecule has 6 heteroatoms. The summed E-state index contributed by atoms with van der Waals surface area (Å²) >= 11 is 0. The quantitative estimate of drug-likeness (QED) is 0.701. The van der Waals surface area contributed by atoms with Gasteiger partial charge in [0.2, 0.25) is 11.8 Å². The normalized spacial score (nSPS) is 16.5. The molecule has 0 spiro atoms. The first kappa shape index (κ1) is 16.5. The third-order valence-corrected chi connectivity index (χ3v) is 3.56. The Hall–Kier alpha value is -1.59. The lowest BCUT2D eigenvalue weighted by atomic mass is 10.0. The van der Waals surface area contributed by atoms with Crippen LogP contribution in [0.4, 0.5) is 0 Å². The highest BCUT2D eigenvalue weighted by Gasteiger charge is 2.56. The predicted molar refractivity (Wildman–Crippen MR) is 79.4 cm³/mol. The van der Waals surface area contributed by atoms with Crippen molar-refractivity contribution in [1.29, 1.82) is 0 Å². The van der Waals surface area contributed by atoms with Crippen molar-refractivity contribution in [3.63, 3.8) is 0 Å². The molecule has 1 aromatic rings. The number of hydrogen-bond donors (Lipinski definition) is 3. The van der Waals surface area contributed by atoms with E-state index < -0.39 is 5.41 Å². The first-order valence-corrected chi connectivity index (χ1v) is 6.41. The summed E-state index contributed by atoms with van der Waals surface area (Å²) in [7, 11) is 1.55. The molecule has 0 radical (unpaired) electrons. The van der Waals surface area contributed by atoms with Crippen molar-refractivity contribution in [3.05, 3.63) is 35.9 Å². The van der Waals surface area contributed by atoms with Crippen LogP contribution in [-0.4, -0.2) is 25.4 Å². The molecule has 1 aliphatic rings. The van der Waals surface area contributed by atoms with Gasteiger partial charge in [-0.25, -0.2) is 0 Å². The fourth-order valence-corrected chi connectivity index (χ4v) is 2.11. The number of hydrogen-bond acceptors (Lipinski definition) is 3. The van der Waals surface area contributed by atoms with E-state index in [1.54, 1.807) is 7.05 Å². The maximum Gasteiger partial charge on any atom is 0.235 e. The van der Waals surface area contributed by atoms with Crippen LogP contribution in [0.1, 0.15) is 24.4 Å². The molecule has 20 heavy (non-hydrogen) atoms. The number of nitrogens with two attached hydrogens (primary N) is 1. The molecule has 110 valence electrons. The molecule has 0 aromatic heterocycles. The molecule has 1 unspecified atom stereocenters. The molecule has 0 saturated heterocycles. The number of rotatable bonds is 5. The van der Waals surface area contributed by atoms with Gasteiger partial charge in [-0.15, -0.1) is 12.4 Å². The van der Waals surface area contributed by atoms with E-state index in [1.807, 2.05) is 30.3 Å². The molecule has 1 aliphatic carbocycles. The molecule has 1 fully saturated rings. The van der Waals surface area contributed by atoms with Crippen LogP contribution >= 0.6 is 12.4 Å². The largest absolute Gasteiger partial charge is 0.358 e. The molecule has 0 bridgehead atoms. The molecule has 1 atom stereocenters. The number of amides is 2. The number of benzene rings is 1. The lowest BCUT2D eigenvalue weighted by molar-refractivity contribution is -0.136. The van der Waals surface area contributed by atoms with Gasteiger partial charge in [-0.2, -0.15) is 0 Å². The Morgan fingerprint density at radius 1 is 1.25 bits per heavy atom. The zero-order chi connectivity index (χ0) is 13.9. The Bertz CT molecular complexity index is 475. The monoisotopic (exact) mass is 297 g/mol. The van der Waals surface area contributed by atoms with Crippen LogP contribution in [0.25, 0.3) is 0 Å². The summed E-state index contributed by atoms with van der Waals surface area (Å²) in [5.74, 6) is -0.434. The Labute approximate surface area is 124 Å². The van der Waals surface area contributed by atoms with E-state index in [4.69, 9.17) is 5.73 Å². The third kappa shape index (κ3) is 3.29. The second-order valence-electron chi connectivity index (χ2n) is 4.89. The second kappa shape index (κ2) is 6.72. The Morgan fingerprint density at radius 3 is 2.35 bits per heavy atom. The smallest absolute Gasteiger partial charge is 0.235 e. The molecule has 0 aliphatic heterocycles. The van der Waals surface area contributed by atoms with Crippen molar-refractivity contribution in [3.8, 4) is 0 Å². The van der Waals surface area contributed by atoms with Crippen LogP contribution in [0.2, 0.25) is 0 Å². The van der Waals surface area contributed by atoms with Crippen LogP contribution in [0.5, 0.6) is 0 Å². The summed E-state index contributed by atoms with van der Waals surface area (Å²) in [5, 5.41) is 5.31. The Morgan fingerprint density at radius 2 is 1.85 bits per heavy atom. The Kier molecular flexibility index (Phi) is 5.53. The van der Waals surface area contributed by atoms with Crippen LogP contribution < -0.4 is 16.4 Å². The highest BCUT2D eigenvalue weighted by molar-refractivity contribution is 6.07. The standard InChI is InChI=1S/C14H19N3O2.ClH/c1-16-12(18)14(7-8-14)13(19)17-9-11(15)10-5-3-2-4-6-10;/h2-6,11H,7-9,15H2,1H3,(H,16,18)(H,17,19);1H. The van der Waals surface area contributed by atoms with Gasteiger partial charge in [-0.05, 0) is 18.4 Å². The van der Waals surface area contributed by atoms with E-state index in [2.05, 4.69) is 10.6 Å². The van der Waals surface area contributed by atoms with Crippen molar-refractivity contribution >= 4 is 24.2 Å². The first-order valence-electron chi connectivity index (χ1n) is 6.41. The van der Waals surface area contributed by atoms with E-state index in [9.17, 15) is 9.59 Å². The van der Waals surface area contributed by atoms with E-state index in [-0.39, 0.29) is 30.3 Å². The SMILES string of the molecule is CNC(=O)C1(C(=O)NCC(N)c2ccccc2)CC1.Cl. The topological polar surface area (TPSA) is 84.2 Å². The van der Waals surface area contributed by atoms with Crippen LogP contribution in [-0.2, 0) is 9.59 Å². The number of carbonyl (C=O) groups excluding carboxylic acids is 2. The van der Waals surface area contributed by atoms with Gasteiger partial charge in [-0.3, -0.25) is 9.59 Å². The number of halogens is 1. The summed E-state index contributed by atoms with van der Waals surface area (Å²) in [5.41, 5.74) is 6.11. The molecule has 2 rings (SSSR count). The lowest BCUT2D eigenvalue weighted by Gasteiger charge is -2.17. The third-order valence-electron chi connectivity index (χ3n) is 3.56. The fraction of sp³-hybridized carbons (Fsp3) is 0.429. The molecular weight excluding hydrogens is 278 g/mol. The molecule has 1 saturated carbocycles. The zero-order valence-corrected chi connectivity index (χ0v) is 12.2. The summed E-state index contributed by atoms with van der Waals surface area (Å²) in [6, 6.07) is 9.31. The average Bonchev–Trinajstić information content (AvgIpc) is 3.26.